The summed E-state index contributed by atoms with van der Waals surface area (Å²) in [7, 11) is 0. The van der Waals surface area contributed by atoms with Crippen LogP contribution in [0, 0.1) is 0 Å². The minimum absolute atomic E-state index is 0.468. The standard InChI is InChI=1S/C17H13N5/c18-15-13-10-14(11-4-2-1-3-5-11)20-17(13)22-16(21-15)12-6-8-19-9-7-12/h1-10H,(H3,18,20,21,22). The highest BCUT2D eigenvalue weighted by molar-refractivity contribution is 5.91. The van der Waals surface area contributed by atoms with Gasteiger partial charge in [0.05, 0.1) is 5.39 Å². The number of hydrogen-bond donors (Lipinski definition) is 2. The van der Waals surface area contributed by atoms with Crippen LogP contribution in [0.1, 0.15) is 0 Å². The molecule has 0 bridgehead atoms. The average Bonchev–Trinajstić information content (AvgIpc) is 3.01. The fourth-order valence-corrected chi connectivity index (χ4v) is 2.44. The number of nitrogen functional groups attached to an aromatic ring is 1. The van der Waals surface area contributed by atoms with Gasteiger partial charge in [0, 0.05) is 23.7 Å². The molecule has 0 atom stereocenters. The van der Waals surface area contributed by atoms with Crippen LogP contribution >= 0.6 is 0 Å². The van der Waals surface area contributed by atoms with E-state index in [2.05, 4.69) is 19.9 Å². The molecule has 0 fully saturated rings. The van der Waals surface area contributed by atoms with Crippen LogP contribution in [0.2, 0.25) is 0 Å². The molecule has 5 nitrogen and oxygen atoms in total. The summed E-state index contributed by atoms with van der Waals surface area (Å²) < 4.78 is 0. The molecule has 0 unspecified atom stereocenters. The average molecular weight is 287 g/mol. The lowest BCUT2D eigenvalue weighted by molar-refractivity contribution is 1.20. The molecule has 0 saturated carbocycles. The van der Waals surface area contributed by atoms with E-state index in [9.17, 15) is 0 Å². The Morgan fingerprint density at radius 3 is 2.41 bits per heavy atom. The second-order valence-corrected chi connectivity index (χ2v) is 4.98. The lowest BCUT2D eigenvalue weighted by atomic mass is 10.1. The summed E-state index contributed by atoms with van der Waals surface area (Å²) in [5, 5.41) is 0.830. The Kier molecular flexibility index (Phi) is 2.83. The van der Waals surface area contributed by atoms with Gasteiger partial charge in [-0.2, -0.15) is 0 Å². The highest BCUT2D eigenvalue weighted by Gasteiger charge is 2.11. The molecule has 0 saturated heterocycles. The number of aromatic amines is 1. The van der Waals surface area contributed by atoms with Crippen LogP contribution in [0.15, 0.2) is 60.9 Å². The maximum atomic E-state index is 6.10. The van der Waals surface area contributed by atoms with Crippen molar-refractivity contribution in [1.29, 1.82) is 0 Å². The van der Waals surface area contributed by atoms with E-state index in [4.69, 9.17) is 5.73 Å². The summed E-state index contributed by atoms with van der Waals surface area (Å²) in [6.45, 7) is 0. The maximum absolute atomic E-state index is 6.10. The van der Waals surface area contributed by atoms with Crippen LogP contribution in [0.5, 0.6) is 0 Å². The van der Waals surface area contributed by atoms with Gasteiger partial charge in [-0.3, -0.25) is 4.98 Å². The van der Waals surface area contributed by atoms with Crippen molar-refractivity contribution in [2.24, 2.45) is 0 Å². The summed E-state index contributed by atoms with van der Waals surface area (Å²) in [6, 6.07) is 15.8. The van der Waals surface area contributed by atoms with Gasteiger partial charge in [0.1, 0.15) is 11.5 Å². The fraction of sp³-hybridized carbons (Fsp3) is 0. The first-order valence-electron chi connectivity index (χ1n) is 6.93. The topological polar surface area (TPSA) is 80.5 Å². The van der Waals surface area contributed by atoms with Crippen molar-refractivity contribution in [2.45, 2.75) is 0 Å². The molecular formula is C17H13N5. The van der Waals surface area contributed by atoms with Crippen LogP contribution in [0.25, 0.3) is 33.7 Å². The third-order valence-electron chi connectivity index (χ3n) is 3.54. The van der Waals surface area contributed by atoms with Crippen LogP contribution in [-0.2, 0) is 0 Å². The number of pyridine rings is 1. The number of hydrogen-bond acceptors (Lipinski definition) is 4. The second kappa shape index (κ2) is 4.96. The van der Waals surface area contributed by atoms with E-state index < -0.39 is 0 Å². The van der Waals surface area contributed by atoms with E-state index in [0.29, 0.717) is 11.6 Å². The monoisotopic (exact) mass is 287 g/mol. The molecule has 3 aromatic heterocycles. The first-order chi connectivity index (χ1) is 10.8. The Morgan fingerprint density at radius 2 is 1.64 bits per heavy atom. The van der Waals surface area contributed by atoms with Gasteiger partial charge in [-0.15, -0.1) is 0 Å². The van der Waals surface area contributed by atoms with Crippen LogP contribution in [-0.4, -0.2) is 19.9 Å². The SMILES string of the molecule is Nc1nc(-c2ccncc2)nc2[nH]c(-c3ccccc3)cc12. The molecule has 5 heteroatoms. The summed E-state index contributed by atoms with van der Waals surface area (Å²) in [6.07, 6.45) is 3.42. The predicted molar refractivity (Wildman–Crippen MR) is 87.0 cm³/mol. The maximum Gasteiger partial charge on any atom is 0.164 e. The van der Waals surface area contributed by atoms with Crippen molar-refractivity contribution < 1.29 is 0 Å². The van der Waals surface area contributed by atoms with Gasteiger partial charge < -0.3 is 10.7 Å². The van der Waals surface area contributed by atoms with Crippen molar-refractivity contribution in [3.63, 3.8) is 0 Å². The Hall–Kier alpha value is -3.21. The van der Waals surface area contributed by atoms with Crippen LogP contribution < -0.4 is 5.73 Å². The number of nitrogens with zero attached hydrogens (tertiary/aromatic N) is 3. The molecule has 0 aliphatic carbocycles. The Bertz CT molecular complexity index is 929. The second-order valence-electron chi connectivity index (χ2n) is 4.98. The number of H-pyrrole nitrogens is 1. The minimum atomic E-state index is 0.468. The molecule has 0 aliphatic heterocycles. The van der Waals surface area contributed by atoms with Crippen LogP contribution in [0.3, 0.4) is 0 Å². The van der Waals surface area contributed by atoms with E-state index in [0.717, 1.165) is 27.9 Å². The van der Waals surface area contributed by atoms with E-state index >= 15 is 0 Å². The minimum Gasteiger partial charge on any atom is -0.383 e. The third kappa shape index (κ3) is 2.09. The summed E-state index contributed by atoms with van der Waals surface area (Å²) in [5.74, 6) is 1.06. The highest BCUT2D eigenvalue weighted by Crippen LogP contribution is 2.27. The predicted octanol–water partition coefficient (Wildman–Crippen LogP) is 3.27. The highest BCUT2D eigenvalue weighted by atomic mass is 15.0. The van der Waals surface area contributed by atoms with Crippen LogP contribution in [0.4, 0.5) is 5.82 Å². The number of aromatic nitrogens is 4. The van der Waals surface area contributed by atoms with E-state index in [1.165, 1.54) is 0 Å². The van der Waals surface area contributed by atoms with Crippen molar-refractivity contribution in [2.75, 3.05) is 5.73 Å². The van der Waals surface area contributed by atoms with Crippen molar-refractivity contribution >= 4 is 16.9 Å². The molecular weight excluding hydrogens is 274 g/mol. The zero-order chi connectivity index (χ0) is 14.9. The van der Waals surface area contributed by atoms with Gasteiger partial charge in [0.15, 0.2) is 5.82 Å². The van der Waals surface area contributed by atoms with E-state index in [1.54, 1.807) is 12.4 Å². The van der Waals surface area contributed by atoms with E-state index in [-0.39, 0.29) is 0 Å². The number of fused-ring (bicyclic) bond motifs is 1. The number of benzene rings is 1. The van der Waals surface area contributed by atoms with Gasteiger partial charge >= 0.3 is 0 Å². The Morgan fingerprint density at radius 1 is 0.864 bits per heavy atom. The third-order valence-corrected chi connectivity index (χ3v) is 3.54. The fourth-order valence-electron chi connectivity index (χ4n) is 2.44. The zero-order valence-corrected chi connectivity index (χ0v) is 11.7. The Balaban J connectivity index is 1.88. The molecule has 3 N–H and O–H groups in total. The first-order valence-corrected chi connectivity index (χ1v) is 6.93. The van der Waals surface area contributed by atoms with Gasteiger partial charge in [-0.25, -0.2) is 9.97 Å². The van der Waals surface area contributed by atoms with E-state index in [1.807, 2.05) is 48.5 Å². The van der Waals surface area contributed by atoms with Crippen molar-refractivity contribution in [3.8, 4) is 22.6 Å². The molecule has 0 spiro atoms. The molecule has 0 amide bonds. The van der Waals surface area contributed by atoms with Gasteiger partial charge in [0.25, 0.3) is 0 Å². The number of nitrogens with two attached hydrogens (primary N) is 1. The molecule has 3 heterocycles. The summed E-state index contributed by atoms with van der Waals surface area (Å²) in [5.41, 5.74) is 9.79. The first kappa shape index (κ1) is 12.5. The van der Waals surface area contributed by atoms with Gasteiger partial charge in [0.2, 0.25) is 0 Å². The summed E-state index contributed by atoms with van der Waals surface area (Å²) in [4.78, 5) is 16.3. The largest absolute Gasteiger partial charge is 0.383 e. The molecule has 0 aliphatic rings. The molecule has 4 rings (SSSR count). The van der Waals surface area contributed by atoms with Gasteiger partial charge in [-0.05, 0) is 23.8 Å². The number of anilines is 1. The number of nitrogens with one attached hydrogen (secondary N) is 1. The normalized spacial score (nSPS) is 10.9. The molecule has 0 radical (unpaired) electrons. The lowest BCUT2D eigenvalue weighted by Gasteiger charge is -2.01. The quantitative estimate of drug-likeness (QED) is 0.593. The molecule has 1 aromatic carbocycles. The van der Waals surface area contributed by atoms with Crippen molar-refractivity contribution in [3.05, 3.63) is 60.9 Å². The Labute approximate surface area is 126 Å². The number of rotatable bonds is 2. The zero-order valence-electron chi connectivity index (χ0n) is 11.7. The molecule has 22 heavy (non-hydrogen) atoms. The van der Waals surface area contributed by atoms with Gasteiger partial charge in [-0.1, -0.05) is 30.3 Å². The lowest BCUT2D eigenvalue weighted by Crippen LogP contribution is -1.96. The summed E-state index contributed by atoms with van der Waals surface area (Å²) >= 11 is 0. The molecule has 106 valence electrons. The molecule has 4 aromatic rings. The smallest absolute Gasteiger partial charge is 0.164 e. The van der Waals surface area contributed by atoms with Crippen molar-refractivity contribution in [1.82, 2.24) is 19.9 Å².